The van der Waals surface area contributed by atoms with E-state index in [9.17, 15) is 26.4 Å². The summed E-state index contributed by atoms with van der Waals surface area (Å²) >= 11 is 5.90. The van der Waals surface area contributed by atoms with Gasteiger partial charge in [-0.15, -0.1) is 10.2 Å². The number of alkyl halides is 3. The number of tetrazole rings is 1. The largest absolute Gasteiger partial charge is 0.405 e. The molecule has 10 nitrogen and oxygen atoms in total. The number of carbonyl (C=O) groups is 1. The first-order valence-electron chi connectivity index (χ1n) is 10.2. The maximum atomic E-state index is 15.1. The highest BCUT2D eigenvalue weighted by molar-refractivity contribution is 7.91. The van der Waals surface area contributed by atoms with Gasteiger partial charge < -0.3 is 16.4 Å². The zero-order valence-electron chi connectivity index (χ0n) is 18.2. The third kappa shape index (κ3) is 5.18. The average molecular weight is 548 g/mol. The van der Waals surface area contributed by atoms with Crippen LogP contribution in [-0.2, 0) is 27.7 Å². The molecule has 16 heteroatoms. The van der Waals surface area contributed by atoms with Crippen LogP contribution in [-0.4, -0.2) is 58.5 Å². The van der Waals surface area contributed by atoms with Gasteiger partial charge in [0.05, 0.1) is 41.0 Å². The van der Waals surface area contributed by atoms with Crippen LogP contribution in [0.15, 0.2) is 41.3 Å². The summed E-state index contributed by atoms with van der Waals surface area (Å²) in [7, 11) is -4.19. The summed E-state index contributed by atoms with van der Waals surface area (Å²) in [5, 5.41) is 11.2. The summed E-state index contributed by atoms with van der Waals surface area (Å²) in [4.78, 5) is 14.2. The summed E-state index contributed by atoms with van der Waals surface area (Å²) in [5.41, 5.74) is 10.9. The number of sulfone groups is 1. The van der Waals surface area contributed by atoms with Crippen molar-refractivity contribution < 1.29 is 30.8 Å². The van der Waals surface area contributed by atoms with E-state index in [0.717, 1.165) is 11.0 Å². The Morgan fingerprint density at radius 2 is 1.86 bits per heavy atom. The van der Waals surface area contributed by atoms with Crippen LogP contribution in [0.2, 0.25) is 5.02 Å². The molecule has 1 aromatic heterocycles. The summed E-state index contributed by atoms with van der Waals surface area (Å²) in [6.45, 7) is -1.01. The van der Waals surface area contributed by atoms with Crippen molar-refractivity contribution >= 4 is 33.0 Å². The van der Waals surface area contributed by atoms with Gasteiger partial charge in [-0.2, -0.15) is 18.0 Å². The molecule has 2 heterocycles. The molecule has 0 saturated heterocycles. The van der Waals surface area contributed by atoms with Crippen LogP contribution in [0.3, 0.4) is 0 Å². The van der Waals surface area contributed by atoms with Crippen molar-refractivity contribution in [2.45, 2.75) is 36.2 Å². The predicted octanol–water partition coefficient (Wildman–Crippen LogP) is 1.67. The Kier molecular flexibility index (Phi) is 6.76. The highest BCUT2D eigenvalue weighted by Gasteiger charge is 2.39. The Labute approximate surface area is 206 Å². The van der Waals surface area contributed by atoms with E-state index < -0.39 is 62.8 Å². The summed E-state index contributed by atoms with van der Waals surface area (Å²) in [6.07, 6.45) is -4.72. The number of aromatic nitrogens is 4. The SMILES string of the molecule is NC(Cn1nnc(-c2cc3c(cc2F)S(=O)(=O)C[C@H](N)C(=O)N3Cc2ccc(Cl)cc2)n1)C(F)(F)F. The van der Waals surface area contributed by atoms with Gasteiger partial charge >= 0.3 is 6.18 Å². The van der Waals surface area contributed by atoms with Crippen molar-refractivity contribution in [1.82, 2.24) is 20.2 Å². The second kappa shape index (κ2) is 9.38. The number of carbonyl (C=O) groups excluding carboxylic acids is 1. The average Bonchev–Trinajstić information content (AvgIpc) is 3.23. The number of anilines is 1. The van der Waals surface area contributed by atoms with Crippen LogP contribution >= 0.6 is 11.6 Å². The van der Waals surface area contributed by atoms with Gasteiger partial charge in [-0.3, -0.25) is 4.79 Å². The lowest BCUT2D eigenvalue weighted by Crippen LogP contribution is -2.45. The van der Waals surface area contributed by atoms with Crippen LogP contribution in [0.25, 0.3) is 11.4 Å². The van der Waals surface area contributed by atoms with E-state index in [0.29, 0.717) is 21.4 Å². The van der Waals surface area contributed by atoms with Gasteiger partial charge in [0, 0.05) is 5.02 Å². The number of nitrogens with zero attached hydrogens (tertiary/aromatic N) is 5. The number of hydrogen-bond donors (Lipinski definition) is 2. The van der Waals surface area contributed by atoms with E-state index in [1.807, 2.05) is 0 Å². The van der Waals surface area contributed by atoms with Gasteiger partial charge in [0.25, 0.3) is 0 Å². The maximum Gasteiger partial charge on any atom is 0.405 e. The quantitative estimate of drug-likeness (QED) is 0.458. The van der Waals surface area contributed by atoms with E-state index in [2.05, 4.69) is 15.4 Å². The first-order valence-corrected chi connectivity index (χ1v) is 12.3. The summed E-state index contributed by atoms with van der Waals surface area (Å²) < 4.78 is 79.1. The van der Waals surface area contributed by atoms with Gasteiger partial charge in [0.1, 0.15) is 11.9 Å². The molecule has 192 valence electrons. The third-order valence-electron chi connectivity index (χ3n) is 5.38. The minimum Gasteiger partial charge on any atom is -0.319 e. The predicted molar refractivity (Wildman–Crippen MR) is 120 cm³/mol. The molecule has 2 aromatic carbocycles. The van der Waals surface area contributed by atoms with Crippen molar-refractivity contribution in [2.24, 2.45) is 11.5 Å². The molecule has 0 spiro atoms. The van der Waals surface area contributed by atoms with Crippen LogP contribution in [0.1, 0.15) is 5.56 Å². The Morgan fingerprint density at radius 3 is 2.50 bits per heavy atom. The molecule has 1 aliphatic rings. The second-order valence-electron chi connectivity index (χ2n) is 8.05. The van der Waals surface area contributed by atoms with Gasteiger partial charge in [0.15, 0.2) is 9.84 Å². The van der Waals surface area contributed by atoms with E-state index >= 15 is 4.39 Å². The molecule has 2 atom stereocenters. The van der Waals surface area contributed by atoms with Crippen LogP contribution in [0, 0.1) is 5.82 Å². The molecule has 1 amide bonds. The van der Waals surface area contributed by atoms with Gasteiger partial charge in [0.2, 0.25) is 11.7 Å². The van der Waals surface area contributed by atoms with E-state index in [1.54, 1.807) is 24.3 Å². The number of halogens is 5. The first kappa shape index (κ1) is 25.9. The molecule has 4 rings (SSSR count). The van der Waals surface area contributed by atoms with Crippen molar-refractivity contribution in [3.63, 3.8) is 0 Å². The van der Waals surface area contributed by atoms with E-state index in [-0.39, 0.29) is 17.8 Å². The minimum atomic E-state index is -4.72. The number of rotatable bonds is 5. The van der Waals surface area contributed by atoms with Gasteiger partial charge in [-0.05, 0) is 35.0 Å². The fraction of sp³-hybridized carbons (Fsp3) is 0.300. The lowest BCUT2D eigenvalue weighted by atomic mass is 10.1. The topological polar surface area (TPSA) is 150 Å². The monoisotopic (exact) mass is 547 g/mol. The van der Waals surface area contributed by atoms with Crippen LogP contribution < -0.4 is 16.4 Å². The minimum absolute atomic E-state index is 0.127. The standard InChI is InChI=1S/C20H18ClF4N7O3S/c21-11-3-1-10(2-4-11)7-31-15-5-12(18-28-30-32(29-18)8-17(27)20(23,24)25)13(22)6-16(15)36(34,35)9-14(26)19(31)33/h1-6,14,17H,7-9,26-27H2/t14-,17?/m0/s1. The molecule has 36 heavy (non-hydrogen) atoms. The fourth-order valence-corrected chi connectivity index (χ4v) is 5.23. The van der Waals surface area contributed by atoms with Crippen molar-refractivity contribution in [3.8, 4) is 11.4 Å². The number of hydrogen-bond acceptors (Lipinski definition) is 8. The van der Waals surface area contributed by atoms with Crippen LogP contribution in [0.5, 0.6) is 0 Å². The van der Waals surface area contributed by atoms with Crippen LogP contribution in [0.4, 0.5) is 23.2 Å². The zero-order valence-corrected chi connectivity index (χ0v) is 19.7. The maximum absolute atomic E-state index is 15.1. The van der Waals surface area contributed by atoms with Crippen molar-refractivity contribution in [3.05, 3.63) is 52.8 Å². The fourth-order valence-electron chi connectivity index (χ4n) is 3.53. The van der Waals surface area contributed by atoms with Crippen molar-refractivity contribution in [2.75, 3.05) is 10.7 Å². The zero-order chi connectivity index (χ0) is 26.4. The molecule has 1 unspecified atom stereocenters. The Hall–Kier alpha value is -3.14. The normalized spacial score (nSPS) is 18.6. The third-order valence-corrected chi connectivity index (χ3v) is 7.43. The lowest BCUT2D eigenvalue weighted by Gasteiger charge is -2.24. The Balaban J connectivity index is 1.80. The van der Waals surface area contributed by atoms with Gasteiger partial charge in [-0.25, -0.2) is 12.8 Å². The smallest absolute Gasteiger partial charge is 0.319 e. The molecule has 0 bridgehead atoms. The molecule has 1 aliphatic heterocycles. The van der Waals surface area contributed by atoms with Gasteiger partial charge in [-0.1, -0.05) is 23.7 Å². The molecule has 0 saturated carbocycles. The van der Waals surface area contributed by atoms with E-state index in [1.165, 1.54) is 0 Å². The Bertz CT molecular complexity index is 1410. The second-order valence-corrected chi connectivity index (χ2v) is 10.5. The highest BCUT2D eigenvalue weighted by Crippen LogP contribution is 2.36. The van der Waals surface area contributed by atoms with Crippen molar-refractivity contribution in [1.29, 1.82) is 0 Å². The Morgan fingerprint density at radius 1 is 1.19 bits per heavy atom. The molecule has 0 fully saturated rings. The molecular formula is C20H18ClF4N7O3S. The number of fused-ring (bicyclic) bond motifs is 1. The molecule has 0 radical (unpaired) electrons. The lowest BCUT2D eigenvalue weighted by molar-refractivity contribution is -0.151. The number of nitrogens with two attached hydrogens (primary N) is 2. The summed E-state index contributed by atoms with van der Waals surface area (Å²) in [5.74, 6) is -3.02. The summed E-state index contributed by atoms with van der Waals surface area (Å²) in [6, 6.07) is 4.37. The molecule has 0 aliphatic carbocycles. The highest BCUT2D eigenvalue weighted by atomic mass is 35.5. The first-order chi connectivity index (χ1) is 16.8. The number of amides is 1. The molecular weight excluding hydrogens is 530 g/mol. The number of benzene rings is 2. The molecule has 3 aromatic rings. The molecule has 4 N–H and O–H groups in total. The van der Waals surface area contributed by atoms with E-state index in [4.69, 9.17) is 23.1 Å².